The average molecular weight is 365 g/mol. The van der Waals surface area contributed by atoms with Gasteiger partial charge in [-0.05, 0) is 80.6 Å². The van der Waals surface area contributed by atoms with Crippen LogP contribution in [0.4, 0.5) is 11.4 Å². The Balaban J connectivity index is 1.52. The highest BCUT2D eigenvalue weighted by Crippen LogP contribution is 2.16. The van der Waals surface area contributed by atoms with Gasteiger partial charge in [-0.2, -0.15) is 0 Å². The van der Waals surface area contributed by atoms with Gasteiger partial charge in [0.1, 0.15) is 0 Å². The molecule has 2 aromatic rings. The van der Waals surface area contributed by atoms with E-state index in [4.69, 9.17) is 0 Å². The number of nitrogens with one attached hydrogen (secondary N) is 2. The molecule has 1 heterocycles. The van der Waals surface area contributed by atoms with E-state index >= 15 is 0 Å². The fraction of sp³-hybridized carbons (Fsp3) is 0.364. The number of nitrogens with zero attached hydrogens (tertiary/aromatic N) is 1. The summed E-state index contributed by atoms with van der Waals surface area (Å²) in [6.07, 6.45) is 3.37. The third-order valence-corrected chi connectivity index (χ3v) is 4.73. The summed E-state index contributed by atoms with van der Waals surface area (Å²) in [6.45, 7) is 5.88. The second-order valence-corrected chi connectivity index (χ2v) is 7.21. The molecular formula is C22H27N3O2. The molecule has 0 aromatic heterocycles. The molecule has 5 nitrogen and oxygen atoms in total. The van der Waals surface area contributed by atoms with Gasteiger partial charge in [0.2, 0.25) is 5.91 Å². The molecule has 1 saturated heterocycles. The Kier molecular flexibility index (Phi) is 6.12. The maximum atomic E-state index is 12.5. The standard InChI is InChI=1S/C22H27N3O2/c1-16-12-17(2)14-20(13-16)24-21(26)15-23-19-8-6-18(7-9-19)22(27)25-10-4-3-5-11-25/h6-9,12-14,23H,3-5,10-11,15H2,1-2H3,(H,24,26). The van der Waals surface area contributed by atoms with Gasteiger partial charge in [-0.15, -0.1) is 0 Å². The van der Waals surface area contributed by atoms with E-state index in [2.05, 4.69) is 16.7 Å². The molecule has 0 aliphatic carbocycles. The van der Waals surface area contributed by atoms with Crippen LogP contribution in [0.3, 0.4) is 0 Å². The summed E-state index contributed by atoms with van der Waals surface area (Å²) in [4.78, 5) is 26.6. The normalized spacial score (nSPS) is 13.9. The van der Waals surface area contributed by atoms with Gasteiger partial charge < -0.3 is 15.5 Å². The van der Waals surface area contributed by atoms with Crippen molar-refractivity contribution < 1.29 is 9.59 Å². The lowest BCUT2D eigenvalue weighted by Crippen LogP contribution is -2.35. The Hall–Kier alpha value is -2.82. The van der Waals surface area contributed by atoms with Gasteiger partial charge >= 0.3 is 0 Å². The molecule has 0 atom stereocenters. The number of amides is 2. The maximum Gasteiger partial charge on any atom is 0.253 e. The van der Waals surface area contributed by atoms with Crippen LogP contribution < -0.4 is 10.6 Å². The van der Waals surface area contributed by atoms with E-state index in [0.717, 1.165) is 48.4 Å². The molecule has 2 N–H and O–H groups in total. The number of benzene rings is 2. The Bertz CT molecular complexity index is 789. The van der Waals surface area contributed by atoms with Crippen LogP contribution in [0.25, 0.3) is 0 Å². The minimum absolute atomic E-state index is 0.0915. The predicted molar refractivity (Wildman–Crippen MR) is 109 cm³/mol. The molecular weight excluding hydrogens is 338 g/mol. The van der Waals surface area contributed by atoms with Crippen molar-refractivity contribution in [2.45, 2.75) is 33.1 Å². The first kappa shape index (κ1) is 19.0. The highest BCUT2D eigenvalue weighted by Gasteiger charge is 2.17. The maximum absolute atomic E-state index is 12.5. The third-order valence-electron chi connectivity index (χ3n) is 4.73. The molecule has 0 radical (unpaired) electrons. The molecule has 1 aliphatic rings. The second kappa shape index (κ2) is 8.71. The van der Waals surface area contributed by atoms with Crippen LogP contribution in [0.1, 0.15) is 40.7 Å². The van der Waals surface area contributed by atoms with Crippen LogP contribution >= 0.6 is 0 Å². The minimum atomic E-state index is -0.103. The highest BCUT2D eigenvalue weighted by atomic mass is 16.2. The summed E-state index contributed by atoms with van der Waals surface area (Å²) in [5.74, 6) is -0.0118. The van der Waals surface area contributed by atoms with Crippen LogP contribution in [0.15, 0.2) is 42.5 Å². The topological polar surface area (TPSA) is 61.4 Å². The first-order chi connectivity index (χ1) is 13.0. The fourth-order valence-electron chi connectivity index (χ4n) is 3.44. The molecule has 0 spiro atoms. The summed E-state index contributed by atoms with van der Waals surface area (Å²) >= 11 is 0. The van der Waals surface area contributed by atoms with Crippen LogP contribution in [0, 0.1) is 13.8 Å². The van der Waals surface area contributed by atoms with E-state index < -0.39 is 0 Å². The second-order valence-electron chi connectivity index (χ2n) is 7.21. The largest absolute Gasteiger partial charge is 0.376 e. The van der Waals surface area contributed by atoms with Crippen LogP contribution in [-0.4, -0.2) is 36.3 Å². The molecule has 5 heteroatoms. The molecule has 1 aliphatic heterocycles. The third kappa shape index (κ3) is 5.33. The van der Waals surface area contributed by atoms with Crippen molar-refractivity contribution in [2.75, 3.05) is 30.3 Å². The first-order valence-electron chi connectivity index (χ1n) is 9.52. The summed E-state index contributed by atoms with van der Waals surface area (Å²) in [6, 6.07) is 13.3. The van der Waals surface area contributed by atoms with Crippen molar-refractivity contribution in [1.29, 1.82) is 0 Å². The van der Waals surface area contributed by atoms with Crippen molar-refractivity contribution in [1.82, 2.24) is 4.90 Å². The monoisotopic (exact) mass is 365 g/mol. The number of hydrogen-bond donors (Lipinski definition) is 2. The number of piperidine rings is 1. The van der Waals surface area contributed by atoms with E-state index in [9.17, 15) is 9.59 Å². The van der Waals surface area contributed by atoms with Crippen molar-refractivity contribution >= 4 is 23.2 Å². The number of carbonyl (C=O) groups is 2. The van der Waals surface area contributed by atoms with E-state index in [1.165, 1.54) is 6.42 Å². The number of aryl methyl sites for hydroxylation is 2. The zero-order valence-corrected chi connectivity index (χ0v) is 16.0. The van der Waals surface area contributed by atoms with Crippen molar-refractivity contribution in [2.24, 2.45) is 0 Å². The fourth-order valence-corrected chi connectivity index (χ4v) is 3.44. The van der Waals surface area contributed by atoms with Crippen LogP contribution in [-0.2, 0) is 4.79 Å². The molecule has 1 fully saturated rings. The van der Waals surface area contributed by atoms with Gasteiger partial charge in [-0.3, -0.25) is 9.59 Å². The Morgan fingerprint density at radius 2 is 1.52 bits per heavy atom. The summed E-state index contributed by atoms with van der Waals surface area (Å²) in [5.41, 5.74) is 4.56. The molecule has 0 bridgehead atoms. The number of hydrogen-bond acceptors (Lipinski definition) is 3. The first-order valence-corrected chi connectivity index (χ1v) is 9.52. The zero-order valence-electron chi connectivity index (χ0n) is 16.0. The summed E-state index contributed by atoms with van der Waals surface area (Å²) < 4.78 is 0. The minimum Gasteiger partial charge on any atom is -0.376 e. The van der Waals surface area contributed by atoms with Gasteiger partial charge in [0.25, 0.3) is 5.91 Å². The Labute approximate surface area is 160 Å². The van der Waals surface area contributed by atoms with Crippen LogP contribution in [0.5, 0.6) is 0 Å². The smallest absolute Gasteiger partial charge is 0.253 e. The summed E-state index contributed by atoms with van der Waals surface area (Å²) in [5, 5.41) is 6.01. The van der Waals surface area contributed by atoms with E-state index in [1.54, 1.807) is 0 Å². The molecule has 27 heavy (non-hydrogen) atoms. The van der Waals surface area contributed by atoms with E-state index in [0.29, 0.717) is 5.56 Å². The quantitative estimate of drug-likeness (QED) is 0.842. The van der Waals surface area contributed by atoms with Crippen molar-refractivity contribution in [3.63, 3.8) is 0 Å². The molecule has 2 amide bonds. The Morgan fingerprint density at radius 1 is 0.889 bits per heavy atom. The molecule has 2 aromatic carbocycles. The van der Waals surface area contributed by atoms with Gasteiger partial charge in [0.05, 0.1) is 6.54 Å². The number of likely N-dealkylation sites (tertiary alicyclic amines) is 1. The molecule has 0 saturated carbocycles. The highest BCUT2D eigenvalue weighted by molar-refractivity contribution is 5.95. The average Bonchev–Trinajstić information content (AvgIpc) is 2.66. The lowest BCUT2D eigenvalue weighted by molar-refractivity contribution is -0.114. The zero-order chi connectivity index (χ0) is 19.2. The van der Waals surface area contributed by atoms with Crippen molar-refractivity contribution in [3.8, 4) is 0 Å². The lowest BCUT2D eigenvalue weighted by Gasteiger charge is -2.26. The lowest BCUT2D eigenvalue weighted by atomic mass is 10.1. The predicted octanol–water partition coefficient (Wildman–Crippen LogP) is 3.98. The van der Waals surface area contributed by atoms with E-state index in [-0.39, 0.29) is 18.4 Å². The van der Waals surface area contributed by atoms with Crippen molar-refractivity contribution in [3.05, 3.63) is 59.2 Å². The number of rotatable bonds is 5. The Morgan fingerprint density at radius 3 is 2.15 bits per heavy atom. The molecule has 142 valence electrons. The SMILES string of the molecule is Cc1cc(C)cc(NC(=O)CNc2ccc(C(=O)N3CCCCC3)cc2)c1. The van der Waals surface area contributed by atoms with Gasteiger partial charge in [-0.1, -0.05) is 6.07 Å². The van der Waals surface area contributed by atoms with E-state index in [1.807, 2.05) is 55.1 Å². The number of anilines is 2. The van der Waals surface area contributed by atoms with Crippen LogP contribution in [0.2, 0.25) is 0 Å². The van der Waals surface area contributed by atoms with Gasteiger partial charge in [-0.25, -0.2) is 0 Å². The summed E-state index contributed by atoms with van der Waals surface area (Å²) in [7, 11) is 0. The van der Waals surface area contributed by atoms with Gasteiger partial charge in [0, 0.05) is 30.0 Å². The molecule has 0 unspecified atom stereocenters. The number of carbonyl (C=O) groups excluding carboxylic acids is 2. The van der Waals surface area contributed by atoms with Gasteiger partial charge in [0.15, 0.2) is 0 Å². The molecule has 3 rings (SSSR count).